The minimum atomic E-state index is -1.26. The molecule has 0 aliphatic carbocycles. The molecule has 2 N–H and O–H groups in total. The van der Waals surface area contributed by atoms with Crippen molar-refractivity contribution in [3.05, 3.63) is 108 Å². The van der Waals surface area contributed by atoms with E-state index < -0.39 is 30.7 Å². The summed E-state index contributed by atoms with van der Waals surface area (Å²) in [5.74, 6) is 0. The number of hydrogen-bond donors (Lipinski definition) is 2. The Morgan fingerprint density at radius 3 is 1.79 bits per heavy atom. The van der Waals surface area contributed by atoms with E-state index in [0.717, 1.165) is 16.7 Å². The summed E-state index contributed by atoms with van der Waals surface area (Å²) in [4.78, 5) is 0. The topological polar surface area (TPSA) is 77.4 Å². The quantitative estimate of drug-likeness (QED) is 0.466. The molecule has 4 rings (SSSR count). The van der Waals surface area contributed by atoms with Crippen LogP contribution in [0.3, 0.4) is 0 Å². The molecule has 1 fully saturated rings. The van der Waals surface area contributed by atoms with Crippen molar-refractivity contribution in [2.24, 2.45) is 0 Å². The molecular weight excluding hydrogens is 420 g/mol. The summed E-state index contributed by atoms with van der Waals surface area (Å²) < 4.78 is 23.5. The minimum absolute atomic E-state index is 0.196. The van der Waals surface area contributed by atoms with Crippen molar-refractivity contribution in [1.29, 1.82) is 0 Å². The maximum absolute atomic E-state index is 10.9. The Labute approximate surface area is 194 Å². The van der Waals surface area contributed by atoms with Gasteiger partial charge < -0.3 is 29.2 Å². The van der Waals surface area contributed by atoms with Gasteiger partial charge in [0.25, 0.3) is 0 Å². The molecule has 1 heterocycles. The molecule has 1 aliphatic heterocycles. The van der Waals surface area contributed by atoms with Crippen molar-refractivity contribution in [2.75, 3.05) is 6.61 Å². The number of ether oxygens (including phenoxy) is 4. The molecule has 6 nitrogen and oxygen atoms in total. The predicted octanol–water partition coefficient (Wildman–Crippen LogP) is 3.45. The molecule has 6 heteroatoms. The van der Waals surface area contributed by atoms with Crippen molar-refractivity contribution < 1.29 is 29.2 Å². The van der Waals surface area contributed by atoms with Crippen molar-refractivity contribution in [3.8, 4) is 0 Å². The van der Waals surface area contributed by atoms with Gasteiger partial charge >= 0.3 is 0 Å². The van der Waals surface area contributed by atoms with Crippen molar-refractivity contribution in [1.82, 2.24) is 0 Å². The number of benzene rings is 3. The maximum atomic E-state index is 10.9. The highest BCUT2D eigenvalue weighted by molar-refractivity contribution is 5.15. The molecule has 1 saturated heterocycles. The van der Waals surface area contributed by atoms with E-state index in [1.165, 1.54) is 0 Å². The minimum Gasteiger partial charge on any atom is -0.387 e. The highest BCUT2D eigenvalue weighted by Gasteiger charge is 2.47. The highest BCUT2D eigenvalue weighted by atomic mass is 16.7. The van der Waals surface area contributed by atoms with Gasteiger partial charge in [-0.3, -0.25) is 0 Å². The molecule has 0 spiro atoms. The lowest BCUT2D eigenvalue weighted by Crippen LogP contribution is -2.43. The van der Waals surface area contributed by atoms with Gasteiger partial charge in [-0.2, -0.15) is 0 Å². The van der Waals surface area contributed by atoms with Crippen LogP contribution >= 0.6 is 0 Å². The summed E-state index contributed by atoms with van der Waals surface area (Å²) in [5.41, 5.74) is 2.98. The predicted molar refractivity (Wildman–Crippen MR) is 123 cm³/mol. The summed E-state index contributed by atoms with van der Waals surface area (Å²) in [6.07, 6.45) is -4.59. The Morgan fingerprint density at radius 1 is 0.697 bits per heavy atom. The van der Waals surface area contributed by atoms with Gasteiger partial charge in [-0.05, 0) is 16.7 Å². The molecule has 0 radical (unpaired) electrons. The highest BCUT2D eigenvalue weighted by Crippen LogP contribution is 2.28. The third-order valence-electron chi connectivity index (χ3n) is 5.60. The Hall–Kier alpha value is -2.58. The van der Waals surface area contributed by atoms with Crippen LogP contribution in [0, 0.1) is 0 Å². The molecule has 0 saturated carbocycles. The molecular formula is C27H30O6. The van der Waals surface area contributed by atoms with E-state index >= 15 is 0 Å². The van der Waals surface area contributed by atoms with Gasteiger partial charge in [0.2, 0.25) is 0 Å². The summed E-state index contributed by atoms with van der Waals surface area (Å²) in [5, 5.41) is 21.4. The van der Waals surface area contributed by atoms with Crippen molar-refractivity contribution in [2.45, 2.75) is 50.5 Å². The number of aliphatic hydroxyl groups excluding tert-OH is 2. The van der Waals surface area contributed by atoms with Gasteiger partial charge in [-0.1, -0.05) is 91.0 Å². The van der Waals surface area contributed by atoms with E-state index in [9.17, 15) is 10.2 Å². The van der Waals surface area contributed by atoms with Crippen LogP contribution in [-0.4, -0.2) is 47.5 Å². The van der Waals surface area contributed by atoms with Crippen LogP contribution in [0.2, 0.25) is 0 Å². The van der Waals surface area contributed by atoms with Gasteiger partial charge in [-0.25, -0.2) is 0 Å². The van der Waals surface area contributed by atoms with Crippen LogP contribution < -0.4 is 0 Å². The van der Waals surface area contributed by atoms with Gasteiger partial charge in [0.05, 0.1) is 26.4 Å². The van der Waals surface area contributed by atoms with E-state index in [-0.39, 0.29) is 13.2 Å². The molecule has 3 aromatic carbocycles. The number of hydrogen-bond acceptors (Lipinski definition) is 6. The number of rotatable bonds is 11. The zero-order valence-corrected chi connectivity index (χ0v) is 18.4. The van der Waals surface area contributed by atoms with Gasteiger partial charge in [0.1, 0.15) is 24.4 Å². The fraction of sp³-hybridized carbons (Fsp3) is 0.333. The van der Waals surface area contributed by atoms with E-state index in [0.29, 0.717) is 13.2 Å². The van der Waals surface area contributed by atoms with Gasteiger partial charge in [0, 0.05) is 0 Å². The lowest BCUT2D eigenvalue weighted by molar-refractivity contribution is -0.173. The van der Waals surface area contributed by atoms with Crippen molar-refractivity contribution >= 4 is 0 Å². The van der Waals surface area contributed by atoms with Crippen LogP contribution in [-0.2, 0) is 38.8 Å². The Morgan fingerprint density at radius 2 is 1.21 bits per heavy atom. The molecule has 0 bridgehead atoms. The molecule has 0 amide bonds. The lowest BCUT2D eigenvalue weighted by Gasteiger charge is -2.26. The SMILES string of the molecule is O[C@@H]1[C@H]([C@@H](COCc2ccccc2)OCc2ccccc2)O[C@H](O)[C@H]1OCc1ccccc1. The summed E-state index contributed by atoms with van der Waals surface area (Å²) in [6.45, 7) is 1.20. The third-order valence-corrected chi connectivity index (χ3v) is 5.60. The zero-order chi connectivity index (χ0) is 22.9. The number of aliphatic hydroxyl groups is 2. The van der Waals surface area contributed by atoms with Crippen LogP contribution in [0.15, 0.2) is 91.0 Å². The first-order chi connectivity index (χ1) is 16.2. The fourth-order valence-corrected chi connectivity index (χ4v) is 3.81. The maximum Gasteiger partial charge on any atom is 0.184 e. The normalized spacial score (nSPS) is 23.5. The van der Waals surface area contributed by atoms with Gasteiger partial charge in [-0.15, -0.1) is 0 Å². The molecule has 5 atom stereocenters. The third kappa shape index (κ3) is 6.71. The first-order valence-electron chi connectivity index (χ1n) is 11.1. The van der Waals surface area contributed by atoms with Crippen LogP contribution in [0.4, 0.5) is 0 Å². The summed E-state index contributed by atoms with van der Waals surface area (Å²) in [6, 6.07) is 29.2. The monoisotopic (exact) mass is 450 g/mol. The second-order valence-electron chi connectivity index (χ2n) is 8.08. The smallest absolute Gasteiger partial charge is 0.184 e. The summed E-state index contributed by atoms with van der Waals surface area (Å²) in [7, 11) is 0. The molecule has 0 aromatic heterocycles. The average molecular weight is 451 g/mol. The lowest BCUT2D eigenvalue weighted by atomic mass is 10.1. The molecule has 1 aliphatic rings. The first kappa shape index (κ1) is 23.6. The van der Waals surface area contributed by atoms with Gasteiger partial charge in [0.15, 0.2) is 6.29 Å². The van der Waals surface area contributed by atoms with E-state index in [4.69, 9.17) is 18.9 Å². The average Bonchev–Trinajstić information content (AvgIpc) is 3.14. The van der Waals surface area contributed by atoms with E-state index in [2.05, 4.69) is 0 Å². The van der Waals surface area contributed by atoms with Crippen LogP contribution in [0.25, 0.3) is 0 Å². The Bertz CT molecular complexity index is 937. The molecule has 33 heavy (non-hydrogen) atoms. The fourth-order valence-electron chi connectivity index (χ4n) is 3.81. The molecule has 174 valence electrons. The largest absolute Gasteiger partial charge is 0.387 e. The van der Waals surface area contributed by atoms with E-state index in [1.54, 1.807) is 0 Å². The standard InChI is InChI=1S/C27H30O6/c28-24-25(33-27(29)26(24)32-18-22-14-8-3-9-15-22)23(31-17-21-12-6-2-7-13-21)19-30-16-20-10-4-1-5-11-20/h1-15,23-29H,16-19H2/t23-,24-,25+,26+,27+/m1/s1. The molecule has 3 aromatic rings. The molecule has 0 unspecified atom stereocenters. The van der Waals surface area contributed by atoms with Crippen molar-refractivity contribution in [3.63, 3.8) is 0 Å². The first-order valence-corrected chi connectivity index (χ1v) is 11.1. The van der Waals surface area contributed by atoms with Crippen LogP contribution in [0.1, 0.15) is 16.7 Å². The summed E-state index contributed by atoms with van der Waals surface area (Å²) >= 11 is 0. The van der Waals surface area contributed by atoms with E-state index in [1.807, 2.05) is 91.0 Å². The Balaban J connectivity index is 1.39. The second-order valence-corrected chi connectivity index (χ2v) is 8.08. The van der Waals surface area contributed by atoms with Crippen LogP contribution in [0.5, 0.6) is 0 Å². The zero-order valence-electron chi connectivity index (χ0n) is 18.4. The Kier molecular flexibility index (Phi) is 8.60. The second kappa shape index (κ2) is 12.0.